The summed E-state index contributed by atoms with van der Waals surface area (Å²) in [5.41, 5.74) is 4.71. The van der Waals surface area contributed by atoms with Crippen molar-refractivity contribution in [2.24, 2.45) is 0 Å². The molecule has 0 aromatic heterocycles. The first-order valence-corrected chi connectivity index (χ1v) is 13.9. The minimum absolute atomic E-state index is 0.0171. The fourth-order valence-electron chi connectivity index (χ4n) is 4.76. The molecule has 1 heterocycles. The van der Waals surface area contributed by atoms with Gasteiger partial charge in [0.25, 0.3) is 0 Å². The van der Waals surface area contributed by atoms with Crippen LogP contribution in [-0.2, 0) is 11.3 Å². The summed E-state index contributed by atoms with van der Waals surface area (Å²) in [6, 6.07) is 25.8. The monoisotopic (exact) mass is 528 g/mol. The maximum Gasteiger partial charge on any atom is 0.429 e. The molecule has 1 aliphatic rings. The Bertz CT molecular complexity index is 1190. The normalized spacial score (nSPS) is 13.8. The molecule has 0 spiro atoms. The molecule has 1 aliphatic heterocycles. The molecule has 4 rings (SSSR count). The Morgan fingerprint density at radius 3 is 2.31 bits per heavy atom. The lowest BCUT2D eigenvalue weighted by Crippen LogP contribution is -2.50. The SMILES string of the molecule is CCN(C)Cc1ccc(C(=O)CNCCOC(=O)N(c2ccccc2-c2ccccc2)N2CCCCC2)cc1. The van der Waals surface area contributed by atoms with Crippen molar-refractivity contribution in [1.82, 2.24) is 15.2 Å². The molecule has 206 valence electrons. The Labute approximate surface area is 232 Å². The van der Waals surface area contributed by atoms with Gasteiger partial charge in [0.2, 0.25) is 0 Å². The van der Waals surface area contributed by atoms with Gasteiger partial charge in [0.15, 0.2) is 5.78 Å². The van der Waals surface area contributed by atoms with E-state index in [0.29, 0.717) is 12.1 Å². The van der Waals surface area contributed by atoms with Crippen LogP contribution in [0.5, 0.6) is 0 Å². The minimum Gasteiger partial charge on any atom is -0.447 e. The number of ketones is 1. The van der Waals surface area contributed by atoms with Crippen molar-refractivity contribution in [3.63, 3.8) is 0 Å². The van der Waals surface area contributed by atoms with Crippen molar-refractivity contribution in [3.8, 4) is 11.1 Å². The summed E-state index contributed by atoms with van der Waals surface area (Å²) in [7, 11) is 2.07. The average Bonchev–Trinajstić information content (AvgIpc) is 2.98. The number of hydrogen-bond donors (Lipinski definition) is 1. The molecule has 0 aliphatic carbocycles. The predicted molar refractivity (Wildman–Crippen MR) is 157 cm³/mol. The number of carbonyl (C=O) groups excluding carboxylic acids is 2. The fraction of sp³-hybridized carbons (Fsp3) is 0.375. The molecule has 0 atom stereocenters. The maximum absolute atomic E-state index is 13.4. The number of nitrogens with zero attached hydrogens (tertiary/aromatic N) is 3. The predicted octanol–water partition coefficient (Wildman–Crippen LogP) is 5.62. The summed E-state index contributed by atoms with van der Waals surface area (Å²) in [6.07, 6.45) is 2.84. The average molecular weight is 529 g/mol. The Balaban J connectivity index is 1.34. The van der Waals surface area contributed by atoms with E-state index < -0.39 is 6.09 Å². The molecule has 0 radical (unpaired) electrons. The zero-order valence-corrected chi connectivity index (χ0v) is 23.1. The number of para-hydroxylation sites is 1. The van der Waals surface area contributed by atoms with Gasteiger partial charge in [0.1, 0.15) is 6.61 Å². The first-order chi connectivity index (χ1) is 19.1. The van der Waals surface area contributed by atoms with Crippen LogP contribution in [0.25, 0.3) is 11.1 Å². The molecule has 7 nitrogen and oxygen atoms in total. The number of hydrogen-bond acceptors (Lipinski definition) is 6. The van der Waals surface area contributed by atoms with E-state index in [0.717, 1.165) is 62.3 Å². The molecule has 3 aromatic carbocycles. The first kappa shape index (κ1) is 28.5. The summed E-state index contributed by atoms with van der Waals surface area (Å²) in [4.78, 5) is 28.3. The molecular formula is C32H40N4O3. The van der Waals surface area contributed by atoms with Crippen LogP contribution in [0.4, 0.5) is 10.5 Å². The van der Waals surface area contributed by atoms with Crippen molar-refractivity contribution in [1.29, 1.82) is 0 Å². The number of Topliss-reactive ketones (excluding diaryl/α,β-unsaturated/α-hetero) is 1. The number of ether oxygens (including phenoxy) is 1. The van der Waals surface area contributed by atoms with Crippen LogP contribution in [-0.4, -0.2) is 68.2 Å². The van der Waals surface area contributed by atoms with Gasteiger partial charge < -0.3 is 15.0 Å². The zero-order valence-electron chi connectivity index (χ0n) is 23.1. The van der Waals surface area contributed by atoms with Gasteiger partial charge in [-0.1, -0.05) is 86.1 Å². The van der Waals surface area contributed by atoms with E-state index in [9.17, 15) is 9.59 Å². The van der Waals surface area contributed by atoms with E-state index >= 15 is 0 Å². The van der Waals surface area contributed by atoms with E-state index in [1.807, 2.05) is 66.7 Å². The van der Waals surface area contributed by atoms with E-state index in [-0.39, 0.29) is 18.9 Å². The molecule has 0 saturated carbocycles. The molecule has 1 saturated heterocycles. The molecule has 1 N–H and O–H groups in total. The fourth-order valence-corrected chi connectivity index (χ4v) is 4.76. The molecule has 1 amide bonds. The van der Waals surface area contributed by atoms with Gasteiger partial charge in [0.05, 0.1) is 12.2 Å². The van der Waals surface area contributed by atoms with Gasteiger partial charge >= 0.3 is 6.09 Å². The second-order valence-corrected chi connectivity index (χ2v) is 9.95. The highest BCUT2D eigenvalue weighted by atomic mass is 16.6. The van der Waals surface area contributed by atoms with Gasteiger partial charge in [-0.2, -0.15) is 0 Å². The van der Waals surface area contributed by atoms with Crippen LogP contribution in [0.1, 0.15) is 42.1 Å². The summed E-state index contributed by atoms with van der Waals surface area (Å²) in [5, 5.41) is 6.91. The molecule has 39 heavy (non-hydrogen) atoms. The van der Waals surface area contributed by atoms with E-state index in [1.54, 1.807) is 5.01 Å². The topological polar surface area (TPSA) is 65.1 Å². The van der Waals surface area contributed by atoms with Crippen molar-refractivity contribution >= 4 is 17.6 Å². The van der Waals surface area contributed by atoms with E-state index in [1.165, 1.54) is 5.56 Å². The molecule has 0 unspecified atom stereocenters. The largest absolute Gasteiger partial charge is 0.447 e. The highest BCUT2D eigenvalue weighted by Gasteiger charge is 2.28. The number of nitrogens with one attached hydrogen (secondary N) is 1. The lowest BCUT2D eigenvalue weighted by Gasteiger charge is -2.37. The van der Waals surface area contributed by atoms with Gasteiger partial charge in [-0.25, -0.2) is 14.8 Å². The van der Waals surface area contributed by atoms with Gasteiger partial charge in [-0.05, 0) is 43.6 Å². The number of benzene rings is 3. The molecule has 0 bridgehead atoms. The lowest BCUT2D eigenvalue weighted by molar-refractivity contribution is 0.0986. The number of carbonyl (C=O) groups is 2. The van der Waals surface area contributed by atoms with Gasteiger partial charge in [-0.3, -0.25) is 4.79 Å². The van der Waals surface area contributed by atoms with Crippen LogP contribution >= 0.6 is 0 Å². The third kappa shape index (κ3) is 7.99. The van der Waals surface area contributed by atoms with E-state index in [2.05, 4.69) is 41.3 Å². The summed E-state index contributed by atoms with van der Waals surface area (Å²) in [5.74, 6) is 0.0171. The first-order valence-electron chi connectivity index (χ1n) is 13.9. The second-order valence-electron chi connectivity index (χ2n) is 9.95. The lowest BCUT2D eigenvalue weighted by atomic mass is 10.0. The van der Waals surface area contributed by atoms with Crippen LogP contribution in [0.3, 0.4) is 0 Å². The summed E-state index contributed by atoms with van der Waals surface area (Å²) < 4.78 is 5.72. The quantitative estimate of drug-likeness (QED) is 0.243. The van der Waals surface area contributed by atoms with Crippen LogP contribution < -0.4 is 10.3 Å². The third-order valence-electron chi connectivity index (χ3n) is 7.06. The van der Waals surface area contributed by atoms with Gasteiger partial charge in [0, 0.05) is 37.3 Å². The minimum atomic E-state index is -0.402. The highest BCUT2D eigenvalue weighted by Crippen LogP contribution is 2.33. The number of rotatable bonds is 12. The Morgan fingerprint density at radius 2 is 1.59 bits per heavy atom. The van der Waals surface area contributed by atoms with Crippen molar-refractivity contribution < 1.29 is 14.3 Å². The number of amides is 1. The Kier molecular flexibility index (Phi) is 10.7. The summed E-state index contributed by atoms with van der Waals surface area (Å²) in [6.45, 7) is 6.33. The molecule has 3 aromatic rings. The Hall–Kier alpha value is -3.52. The van der Waals surface area contributed by atoms with E-state index in [4.69, 9.17) is 4.74 Å². The van der Waals surface area contributed by atoms with Crippen LogP contribution in [0, 0.1) is 0 Å². The summed E-state index contributed by atoms with van der Waals surface area (Å²) >= 11 is 0. The van der Waals surface area contributed by atoms with Gasteiger partial charge in [-0.15, -0.1) is 0 Å². The van der Waals surface area contributed by atoms with Crippen molar-refractivity contribution in [3.05, 3.63) is 90.0 Å². The zero-order chi connectivity index (χ0) is 27.5. The molecular weight excluding hydrogens is 488 g/mol. The smallest absolute Gasteiger partial charge is 0.429 e. The molecule has 7 heteroatoms. The standard InChI is InChI=1S/C32H40N4O3/c1-3-34(2)25-26-16-18-28(19-17-26)31(37)24-33-20-23-39-32(38)36(35-21-10-5-11-22-35)30-15-9-8-14-29(30)27-12-6-4-7-13-27/h4,6-9,12-19,33H,3,5,10-11,20-25H2,1-2H3. The van der Waals surface area contributed by atoms with Crippen molar-refractivity contribution in [2.75, 3.05) is 51.4 Å². The Morgan fingerprint density at radius 1 is 0.897 bits per heavy atom. The second kappa shape index (κ2) is 14.6. The van der Waals surface area contributed by atoms with Crippen molar-refractivity contribution in [2.45, 2.75) is 32.7 Å². The number of hydrazine groups is 1. The third-order valence-corrected chi connectivity index (χ3v) is 7.06. The molecule has 1 fully saturated rings. The maximum atomic E-state index is 13.4. The van der Waals surface area contributed by atoms with Crippen LogP contribution in [0.2, 0.25) is 0 Å². The number of piperidine rings is 1. The number of anilines is 1. The van der Waals surface area contributed by atoms with Crippen LogP contribution in [0.15, 0.2) is 78.9 Å². The highest BCUT2D eigenvalue weighted by molar-refractivity contribution is 5.97.